The fourth-order valence-corrected chi connectivity index (χ4v) is 4.44. The second-order valence-electron chi connectivity index (χ2n) is 7.77. The molecule has 2 N–H and O–H groups in total. The third-order valence-electron chi connectivity index (χ3n) is 5.31. The average molecular weight is 547 g/mol. The van der Waals surface area contributed by atoms with Crippen molar-refractivity contribution in [2.75, 3.05) is 17.6 Å². The number of fused-ring (bicyclic) bond motifs is 1. The van der Waals surface area contributed by atoms with Crippen molar-refractivity contribution in [2.45, 2.75) is 12.1 Å². The van der Waals surface area contributed by atoms with Crippen LogP contribution in [0.1, 0.15) is 5.56 Å². The number of nitrogens with one attached hydrogen (secondary N) is 2. The van der Waals surface area contributed by atoms with Crippen LogP contribution in [-0.2, 0) is 9.59 Å². The molecule has 0 atom stereocenters. The Morgan fingerprint density at radius 1 is 1.00 bits per heavy atom. The van der Waals surface area contributed by atoms with E-state index in [9.17, 15) is 27.6 Å². The van der Waals surface area contributed by atoms with E-state index in [1.165, 1.54) is 4.57 Å². The molecule has 7 nitrogen and oxygen atoms in total. The third-order valence-corrected chi connectivity index (χ3v) is 6.66. The van der Waals surface area contributed by atoms with E-state index in [2.05, 4.69) is 15.6 Å². The molecule has 0 unspecified atom stereocenters. The first-order chi connectivity index (χ1) is 17.7. The number of carbonyl (C=O) groups excluding carboxylic acids is 2. The van der Waals surface area contributed by atoms with Gasteiger partial charge in [-0.2, -0.15) is 0 Å². The summed E-state index contributed by atoms with van der Waals surface area (Å²) in [6, 6.07) is 13.4. The highest BCUT2D eigenvalue weighted by Gasteiger charge is 2.18. The van der Waals surface area contributed by atoms with Crippen LogP contribution in [0.5, 0.6) is 0 Å². The molecule has 0 fully saturated rings. The first-order valence-electron chi connectivity index (χ1n) is 10.8. The maximum absolute atomic E-state index is 13.7. The van der Waals surface area contributed by atoms with Crippen molar-refractivity contribution in [3.63, 3.8) is 0 Å². The van der Waals surface area contributed by atoms with Crippen molar-refractivity contribution in [1.82, 2.24) is 14.9 Å². The van der Waals surface area contributed by atoms with Crippen LogP contribution < -0.4 is 16.2 Å². The Labute approximate surface area is 217 Å². The number of rotatable bonds is 7. The van der Waals surface area contributed by atoms with Gasteiger partial charge in [0.15, 0.2) is 22.6 Å². The number of hydrogen-bond donors (Lipinski definition) is 2. The molecule has 0 bridgehead atoms. The first-order valence-corrected chi connectivity index (χ1v) is 12.1. The fraction of sp³-hybridized carbons (Fsp3) is 0.120. The third kappa shape index (κ3) is 5.62. The largest absolute Gasteiger partial charge is 0.346 e. The van der Waals surface area contributed by atoms with Crippen LogP contribution in [0.4, 0.5) is 18.9 Å². The van der Waals surface area contributed by atoms with E-state index in [-0.39, 0.29) is 16.5 Å². The van der Waals surface area contributed by atoms with Crippen molar-refractivity contribution >= 4 is 51.8 Å². The summed E-state index contributed by atoms with van der Waals surface area (Å²) < 4.78 is 41.5. The van der Waals surface area contributed by atoms with Gasteiger partial charge in [0.05, 0.1) is 34.6 Å². The second kappa shape index (κ2) is 11.1. The van der Waals surface area contributed by atoms with Gasteiger partial charge in [-0.15, -0.1) is 0 Å². The summed E-state index contributed by atoms with van der Waals surface area (Å²) in [5.74, 6) is -6.30. The smallest absolute Gasteiger partial charge is 0.266 e. The number of aromatic nitrogens is 2. The number of carbonyl (C=O) groups is 2. The molecule has 0 aliphatic heterocycles. The zero-order chi connectivity index (χ0) is 26.7. The van der Waals surface area contributed by atoms with E-state index in [0.29, 0.717) is 33.2 Å². The number of hydrogen-bond acceptors (Lipinski definition) is 5. The SMILES string of the molecule is Cc1c(Cl)cccc1-n1c(SCC(=O)NCC(=O)Nc2ccc(F)c(F)c2F)nc2ccccc2c1=O. The van der Waals surface area contributed by atoms with E-state index in [1.54, 1.807) is 49.4 Å². The highest BCUT2D eigenvalue weighted by molar-refractivity contribution is 7.99. The molecular weight excluding hydrogens is 529 g/mol. The predicted octanol–water partition coefficient (Wildman–Crippen LogP) is 4.61. The minimum absolute atomic E-state index is 0.211. The van der Waals surface area contributed by atoms with Gasteiger partial charge in [0.2, 0.25) is 11.8 Å². The molecule has 0 saturated heterocycles. The van der Waals surface area contributed by atoms with Crippen molar-refractivity contribution in [3.05, 3.63) is 93.0 Å². The molecule has 12 heteroatoms. The Hall–Kier alpha value is -3.83. The monoisotopic (exact) mass is 546 g/mol. The van der Waals surface area contributed by atoms with E-state index < -0.39 is 41.5 Å². The Morgan fingerprint density at radius 2 is 1.76 bits per heavy atom. The van der Waals surface area contributed by atoms with Crippen LogP contribution in [0.2, 0.25) is 5.02 Å². The standard InChI is InChI=1S/C25H18ClF3N4O3S/c1-13-15(26)6-4-8-19(13)33-24(36)14-5-2-3-7-17(14)32-25(33)37-12-21(35)30-11-20(34)31-18-10-9-16(27)22(28)23(18)29/h2-10H,11-12H2,1H3,(H,30,35)(H,31,34). The zero-order valence-electron chi connectivity index (χ0n) is 19.1. The summed E-state index contributed by atoms with van der Waals surface area (Å²) in [5, 5.41) is 5.49. The molecule has 0 aliphatic rings. The lowest BCUT2D eigenvalue weighted by Crippen LogP contribution is -2.34. The number of halogens is 4. The van der Waals surface area contributed by atoms with Gasteiger partial charge in [-0.1, -0.05) is 41.6 Å². The molecule has 190 valence electrons. The molecule has 0 spiro atoms. The Balaban J connectivity index is 1.50. The molecule has 4 aromatic rings. The number of anilines is 1. The first kappa shape index (κ1) is 26.2. The quantitative estimate of drug-likeness (QED) is 0.201. The summed E-state index contributed by atoms with van der Waals surface area (Å²) in [6.07, 6.45) is 0. The fourth-order valence-electron chi connectivity index (χ4n) is 3.44. The van der Waals surface area contributed by atoms with Crippen molar-refractivity contribution in [1.29, 1.82) is 0 Å². The van der Waals surface area contributed by atoms with Gasteiger partial charge >= 0.3 is 0 Å². The van der Waals surface area contributed by atoms with E-state index in [1.807, 2.05) is 0 Å². The Kier molecular flexibility index (Phi) is 7.84. The molecule has 37 heavy (non-hydrogen) atoms. The summed E-state index contributed by atoms with van der Waals surface area (Å²) in [7, 11) is 0. The van der Waals surface area contributed by atoms with Crippen molar-refractivity contribution < 1.29 is 22.8 Å². The molecule has 2 amide bonds. The molecule has 0 aliphatic carbocycles. The maximum atomic E-state index is 13.7. The van der Waals surface area contributed by atoms with Gasteiger partial charge < -0.3 is 10.6 Å². The highest BCUT2D eigenvalue weighted by Crippen LogP contribution is 2.26. The van der Waals surface area contributed by atoms with Crippen LogP contribution >= 0.6 is 23.4 Å². The highest BCUT2D eigenvalue weighted by atomic mass is 35.5. The summed E-state index contributed by atoms with van der Waals surface area (Å²) in [5.41, 5.74) is 0.697. The van der Waals surface area contributed by atoms with Crippen LogP contribution in [-0.4, -0.2) is 33.7 Å². The van der Waals surface area contributed by atoms with Gasteiger partial charge in [0.25, 0.3) is 5.56 Å². The molecule has 1 aromatic heterocycles. The van der Waals surface area contributed by atoms with E-state index in [4.69, 9.17) is 11.6 Å². The van der Waals surface area contributed by atoms with Gasteiger partial charge in [0, 0.05) is 5.02 Å². The molecule has 3 aromatic carbocycles. The molecule has 0 saturated carbocycles. The molecule has 4 rings (SSSR count). The summed E-state index contributed by atoms with van der Waals surface area (Å²) >= 11 is 7.23. The predicted molar refractivity (Wildman–Crippen MR) is 136 cm³/mol. The van der Waals surface area contributed by atoms with Gasteiger partial charge in [-0.25, -0.2) is 18.2 Å². The van der Waals surface area contributed by atoms with Crippen LogP contribution in [0.15, 0.2) is 64.5 Å². The van der Waals surface area contributed by atoms with Gasteiger partial charge in [-0.3, -0.25) is 19.0 Å². The van der Waals surface area contributed by atoms with E-state index >= 15 is 0 Å². The Bertz CT molecular complexity index is 1600. The topological polar surface area (TPSA) is 93.1 Å². The van der Waals surface area contributed by atoms with Crippen LogP contribution in [0.25, 0.3) is 16.6 Å². The average Bonchev–Trinajstić information content (AvgIpc) is 2.88. The normalized spacial score (nSPS) is 10.9. The van der Waals surface area contributed by atoms with E-state index in [0.717, 1.165) is 17.8 Å². The lowest BCUT2D eigenvalue weighted by atomic mass is 10.2. The van der Waals surface area contributed by atoms with Crippen molar-refractivity contribution in [2.24, 2.45) is 0 Å². The second-order valence-corrected chi connectivity index (χ2v) is 9.12. The minimum atomic E-state index is -1.72. The lowest BCUT2D eigenvalue weighted by Gasteiger charge is -2.15. The number of amides is 2. The number of benzene rings is 3. The molecular formula is C25H18ClF3N4O3S. The molecule has 1 heterocycles. The number of nitrogens with zero attached hydrogens (tertiary/aromatic N) is 2. The minimum Gasteiger partial charge on any atom is -0.346 e. The van der Waals surface area contributed by atoms with Crippen molar-refractivity contribution in [3.8, 4) is 5.69 Å². The lowest BCUT2D eigenvalue weighted by molar-refractivity contribution is -0.122. The number of para-hydroxylation sites is 1. The molecule has 0 radical (unpaired) electrons. The summed E-state index contributed by atoms with van der Waals surface area (Å²) in [6.45, 7) is 1.21. The summed E-state index contributed by atoms with van der Waals surface area (Å²) in [4.78, 5) is 42.4. The number of thioether (sulfide) groups is 1. The van der Waals surface area contributed by atoms with Crippen LogP contribution in [0, 0.1) is 24.4 Å². The van der Waals surface area contributed by atoms with Gasteiger partial charge in [0.1, 0.15) is 0 Å². The van der Waals surface area contributed by atoms with Crippen LogP contribution in [0.3, 0.4) is 0 Å². The van der Waals surface area contributed by atoms with Gasteiger partial charge in [-0.05, 0) is 48.9 Å². The Morgan fingerprint density at radius 3 is 2.54 bits per heavy atom. The maximum Gasteiger partial charge on any atom is 0.266 e. The zero-order valence-corrected chi connectivity index (χ0v) is 20.7.